The number of benzene rings is 1. The van der Waals surface area contributed by atoms with Crippen molar-refractivity contribution in [1.29, 1.82) is 0 Å². The number of carbonyl (C=O) groups is 3. The lowest BCUT2D eigenvalue weighted by atomic mass is 9.98. The highest BCUT2D eigenvalue weighted by Crippen LogP contribution is 2.18. The Bertz CT molecular complexity index is 929. The number of piperidine rings is 1. The molecule has 0 radical (unpaired) electrons. The summed E-state index contributed by atoms with van der Waals surface area (Å²) >= 11 is 0. The van der Waals surface area contributed by atoms with Crippen molar-refractivity contribution in [3.05, 3.63) is 48.0 Å². The predicted octanol–water partition coefficient (Wildman–Crippen LogP) is 1.89. The fraction of sp³-hybridized carbons (Fsp3) is 0.429. The minimum atomic E-state index is -0.454. The summed E-state index contributed by atoms with van der Waals surface area (Å²) in [5.74, 6) is -1.77. The minimum Gasteiger partial charge on any atom is -0.466 e. The highest BCUT2D eigenvalue weighted by atomic mass is 19.1. The van der Waals surface area contributed by atoms with Gasteiger partial charge in [-0.2, -0.15) is 5.10 Å². The number of ether oxygens (including phenoxy) is 1. The molecule has 160 valence electrons. The standard InChI is InChI=1S/C21H25FN4O4/c1-3-30-21(29)15-7-6-11-25(13-15)19(27)14-24(2)20(28)17-10-12-26(23-17)18-9-5-4-8-16(18)22/h4-5,8-10,12,15H,3,6-7,11,13-14H2,1-2H3. The Kier molecular flexibility index (Phi) is 6.81. The molecule has 3 rings (SSSR count). The lowest BCUT2D eigenvalue weighted by Gasteiger charge is -2.32. The first-order valence-electron chi connectivity index (χ1n) is 9.91. The smallest absolute Gasteiger partial charge is 0.310 e. The molecule has 0 N–H and O–H groups in total. The number of para-hydroxylation sites is 1. The summed E-state index contributed by atoms with van der Waals surface area (Å²) in [5.41, 5.74) is 0.338. The molecule has 2 aromatic rings. The molecule has 30 heavy (non-hydrogen) atoms. The monoisotopic (exact) mass is 416 g/mol. The van der Waals surface area contributed by atoms with Crippen LogP contribution in [0.5, 0.6) is 0 Å². The van der Waals surface area contributed by atoms with E-state index >= 15 is 0 Å². The van der Waals surface area contributed by atoms with Gasteiger partial charge in [-0.3, -0.25) is 14.4 Å². The number of nitrogens with zero attached hydrogens (tertiary/aromatic N) is 4. The molecule has 1 aromatic heterocycles. The molecule has 9 heteroatoms. The maximum absolute atomic E-state index is 13.9. The second-order valence-electron chi connectivity index (χ2n) is 7.19. The number of hydrogen-bond donors (Lipinski definition) is 0. The number of halogens is 1. The number of carbonyl (C=O) groups excluding carboxylic acids is 3. The topological polar surface area (TPSA) is 84.7 Å². The normalized spacial score (nSPS) is 16.2. The van der Waals surface area contributed by atoms with Gasteiger partial charge in [-0.05, 0) is 38.0 Å². The first-order valence-corrected chi connectivity index (χ1v) is 9.91. The largest absolute Gasteiger partial charge is 0.466 e. The van der Waals surface area contributed by atoms with Gasteiger partial charge in [0.05, 0.1) is 19.1 Å². The van der Waals surface area contributed by atoms with Crippen molar-refractivity contribution in [1.82, 2.24) is 19.6 Å². The maximum Gasteiger partial charge on any atom is 0.310 e. The Hall–Kier alpha value is -3.23. The van der Waals surface area contributed by atoms with E-state index < -0.39 is 11.7 Å². The Morgan fingerprint density at radius 1 is 1.27 bits per heavy atom. The van der Waals surface area contributed by atoms with Crippen molar-refractivity contribution < 1.29 is 23.5 Å². The van der Waals surface area contributed by atoms with Crippen LogP contribution in [0.3, 0.4) is 0 Å². The third-order valence-electron chi connectivity index (χ3n) is 5.02. The van der Waals surface area contributed by atoms with Crippen LogP contribution in [0.4, 0.5) is 4.39 Å². The van der Waals surface area contributed by atoms with Crippen molar-refractivity contribution in [3.63, 3.8) is 0 Å². The molecule has 0 saturated carbocycles. The first-order chi connectivity index (χ1) is 14.4. The van der Waals surface area contributed by atoms with E-state index in [0.29, 0.717) is 32.5 Å². The summed E-state index contributed by atoms with van der Waals surface area (Å²) in [6, 6.07) is 7.59. The van der Waals surface area contributed by atoms with E-state index in [0.717, 1.165) is 0 Å². The van der Waals surface area contributed by atoms with Gasteiger partial charge in [-0.25, -0.2) is 9.07 Å². The van der Waals surface area contributed by atoms with Gasteiger partial charge in [-0.15, -0.1) is 0 Å². The highest BCUT2D eigenvalue weighted by Gasteiger charge is 2.30. The van der Waals surface area contributed by atoms with Gasteiger partial charge in [0, 0.05) is 26.3 Å². The van der Waals surface area contributed by atoms with Crippen molar-refractivity contribution in [2.75, 3.05) is 33.3 Å². The van der Waals surface area contributed by atoms with Crippen LogP contribution >= 0.6 is 0 Å². The number of amides is 2. The zero-order chi connectivity index (χ0) is 21.7. The highest BCUT2D eigenvalue weighted by molar-refractivity contribution is 5.94. The average Bonchev–Trinajstić information content (AvgIpc) is 3.23. The molecular formula is C21H25FN4O4. The van der Waals surface area contributed by atoms with E-state index in [1.165, 1.54) is 35.0 Å². The minimum absolute atomic E-state index is 0.108. The molecule has 8 nitrogen and oxygen atoms in total. The van der Waals surface area contributed by atoms with E-state index in [1.807, 2.05) is 0 Å². The van der Waals surface area contributed by atoms with Gasteiger partial charge in [0.25, 0.3) is 5.91 Å². The fourth-order valence-corrected chi connectivity index (χ4v) is 3.44. The number of likely N-dealkylation sites (N-methyl/N-ethyl adjacent to an activating group) is 1. The van der Waals surface area contributed by atoms with Crippen LogP contribution < -0.4 is 0 Å². The van der Waals surface area contributed by atoms with Crippen molar-refractivity contribution in [3.8, 4) is 5.69 Å². The Morgan fingerprint density at radius 3 is 2.77 bits per heavy atom. The first kappa shape index (κ1) is 21.5. The molecule has 2 amide bonds. The number of esters is 1. The van der Waals surface area contributed by atoms with Gasteiger partial charge < -0.3 is 14.5 Å². The molecule has 1 aliphatic heterocycles. The summed E-state index contributed by atoms with van der Waals surface area (Å²) in [7, 11) is 1.51. The molecule has 0 spiro atoms. The molecule has 0 bridgehead atoms. The number of aromatic nitrogens is 2. The van der Waals surface area contributed by atoms with Gasteiger partial charge in [-0.1, -0.05) is 12.1 Å². The third kappa shape index (κ3) is 4.84. The van der Waals surface area contributed by atoms with E-state index in [1.54, 1.807) is 30.0 Å². The molecule has 1 fully saturated rings. The maximum atomic E-state index is 13.9. The Balaban J connectivity index is 1.61. The lowest BCUT2D eigenvalue weighted by Crippen LogP contribution is -2.47. The van der Waals surface area contributed by atoms with E-state index in [9.17, 15) is 18.8 Å². The van der Waals surface area contributed by atoms with Crippen molar-refractivity contribution in [2.45, 2.75) is 19.8 Å². The van der Waals surface area contributed by atoms with Crippen LogP contribution in [0.25, 0.3) is 5.69 Å². The summed E-state index contributed by atoms with van der Waals surface area (Å²) in [4.78, 5) is 40.1. The van der Waals surface area contributed by atoms with Crippen LogP contribution in [0.15, 0.2) is 36.5 Å². The van der Waals surface area contributed by atoms with Gasteiger partial charge >= 0.3 is 5.97 Å². The summed E-state index contributed by atoms with van der Waals surface area (Å²) in [5, 5.41) is 4.14. The molecule has 0 aliphatic carbocycles. The zero-order valence-corrected chi connectivity index (χ0v) is 17.1. The second kappa shape index (κ2) is 9.51. The second-order valence-corrected chi connectivity index (χ2v) is 7.19. The molecule has 1 aliphatic rings. The van der Waals surface area contributed by atoms with Crippen molar-refractivity contribution >= 4 is 17.8 Å². The van der Waals surface area contributed by atoms with Gasteiger partial charge in [0.1, 0.15) is 11.5 Å². The van der Waals surface area contributed by atoms with Gasteiger partial charge in [0.15, 0.2) is 5.69 Å². The van der Waals surface area contributed by atoms with E-state index in [2.05, 4.69) is 5.10 Å². The molecule has 1 saturated heterocycles. The van der Waals surface area contributed by atoms with Crippen molar-refractivity contribution in [2.24, 2.45) is 5.92 Å². The lowest BCUT2D eigenvalue weighted by molar-refractivity contribution is -0.151. The summed E-state index contributed by atoms with van der Waals surface area (Å²) in [6.45, 7) is 2.75. The van der Waals surface area contributed by atoms with Gasteiger partial charge in [0.2, 0.25) is 5.91 Å². The number of likely N-dealkylation sites (tertiary alicyclic amines) is 1. The van der Waals surface area contributed by atoms with Crippen LogP contribution in [-0.4, -0.2) is 70.7 Å². The predicted molar refractivity (Wildman–Crippen MR) is 106 cm³/mol. The third-order valence-corrected chi connectivity index (χ3v) is 5.02. The SMILES string of the molecule is CCOC(=O)C1CCCN(C(=O)CN(C)C(=O)c2ccn(-c3ccccc3F)n2)C1. The average molecular weight is 416 g/mol. The van der Waals surface area contributed by atoms with Crippen LogP contribution in [-0.2, 0) is 14.3 Å². The Morgan fingerprint density at radius 2 is 2.03 bits per heavy atom. The molecule has 1 unspecified atom stereocenters. The van der Waals surface area contributed by atoms with Crippen LogP contribution in [0, 0.1) is 11.7 Å². The van der Waals surface area contributed by atoms with E-state index in [4.69, 9.17) is 4.74 Å². The van der Waals surface area contributed by atoms with Crippen LogP contribution in [0.1, 0.15) is 30.3 Å². The number of rotatable bonds is 6. The summed E-state index contributed by atoms with van der Waals surface area (Å²) in [6.07, 6.45) is 2.89. The molecular weight excluding hydrogens is 391 g/mol. The molecule has 1 aromatic carbocycles. The quantitative estimate of drug-likeness (QED) is 0.672. The fourth-order valence-electron chi connectivity index (χ4n) is 3.44. The Labute approximate surface area is 174 Å². The van der Waals surface area contributed by atoms with Crippen LogP contribution in [0.2, 0.25) is 0 Å². The summed E-state index contributed by atoms with van der Waals surface area (Å²) < 4.78 is 20.3. The van der Waals surface area contributed by atoms with E-state index in [-0.39, 0.29) is 35.7 Å². The molecule has 2 heterocycles. The number of hydrogen-bond acceptors (Lipinski definition) is 5. The molecule has 1 atom stereocenters. The zero-order valence-electron chi connectivity index (χ0n) is 17.1.